The molecule has 0 spiro atoms. The molecule has 3 rings (SSSR count). The molecule has 30 heavy (non-hydrogen) atoms. The average molecular weight is 414 g/mol. The van der Waals surface area contributed by atoms with Crippen LogP contribution < -0.4 is 15.1 Å². The van der Waals surface area contributed by atoms with E-state index < -0.39 is 0 Å². The van der Waals surface area contributed by atoms with Crippen LogP contribution in [0, 0.1) is 0 Å². The second kappa shape index (κ2) is 11.3. The van der Waals surface area contributed by atoms with Gasteiger partial charge in [0.15, 0.2) is 11.5 Å². The first-order valence-corrected chi connectivity index (χ1v) is 11.6. The van der Waals surface area contributed by atoms with Gasteiger partial charge >= 0.3 is 0 Å². The van der Waals surface area contributed by atoms with Gasteiger partial charge < -0.3 is 19.5 Å². The molecule has 1 saturated heterocycles. The monoisotopic (exact) mass is 413 g/mol. The van der Waals surface area contributed by atoms with Crippen molar-refractivity contribution in [2.45, 2.75) is 71.6 Å². The van der Waals surface area contributed by atoms with E-state index in [1.54, 1.807) is 4.90 Å². The van der Waals surface area contributed by atoms with Gasteiger partial charge in [0.1, 0.15) is 13.1 Å². The molecule has 2 heterocycles. The minimum absolute atomic E-state index is 0.0999. The fourth-order valence-corrected chi connectivity index (χ4v) is 4.38. The number of rotatable bonds is 10. The summed E-state index contributed by atoms with van der Waals surface area (Å²) in [6.45, 7) is 11.6. The van der Waals surface area contributed by atoms with Crippen LogP contribution in [0.5, 0.6) is 0 Å². The summed E-state index contributed by atoms with van der Waals surface area (Å²) in [6, 6.07) is 15.5. The molecule has 0 bridgehead atoms. The van der Waals surface area contributed by atoms with Crippen molar-refractivity contribution in [3.63, 3.8) is 0 Å². The zero-order valence-electron chi connectivity index (χ0n) is 18.9. The summed E-state index contributed by atoms with van der Waals surface area (Å²) in [5.74, 6) is 1.19. The van der Waals surface area contributed by atoms with Crippen molar-refractivity contribution >= 4 is 5.91 Å². The molecule has 1 aliphatic rings. The molecule has 1 aromatic heterocycles. The number of benzene rings is 1. The zero-order chi connectivity index (χ0) is 21.3. The van der Waals surface area contributed by atoms with Crippen LogP contribution in [0.1, 0.15) is 68.3 Å². The maximum Gasteiger partial charge on any atom is 0.287 e. The molecule has 5 nitrogen and oxygen atoms in total. The summed E-state index contributed by atoms with van der Waals surface area (Å²) >= 11 is 0. The van der Waals surface area contributed by atoms with Gasteiger partial charge in [0.2, 0.25) is 0 Å². The summed E-state index contributed by atoms with van der Waals surface area (Å²) in [4.78, 5) is 15.6. The average Bonchev–Trinajstić information content (AvgIpc) is 3.21. The van der Waals surface area contributed by atoms with Crippen molar-refractivity contribution < 1.29 is 19.0 Å². The number of hydrogen-bond donors (Lipinski definition) is 3. The van der Waals surface area contributed by atoms with Crippen molar-refractivity contribution in [1.82, 2.24) is 5.32 Å². The van der Waals surface area contributed by atoms with Crippen molar-refractivity contribution in [3.8, 4) is 0 Å². The normalized spacial score (nSPS) is 20.3. The van der Waals surface area contributed by atoms with Gasteiger partial charge in [0, 0.05) is 18.5 Å². The van der Waals surface area contributed by atoms with E-state index in [0.29, 0.717) is 18.3 Å². The Labute approximate surface area is 181 Å². The molecule has 1 fully saturated rings. The molecular weight excluding hydrogens is 374 g/mol. The quantitative estimate of drug-likeness (QED) is 0.521. The summed E-state index contributed by atoms with van der Waals surface area (Å²) in [6.07, 6.45) is 5.04. The van der Waals surface area contributed by atoms with E-state index in [9.17, 15) is 4.79 Å². The Kier molecular flexibility index (Phi) is 8.52. The number of carbonyl (C=O) groups is 1. The minimum atomic E-state index is -0.0999. The predicted octanol–water partition coefficient (Wildman–Crippen LogP) is 1.85. The Balaban J connectivity index is 1.45. The molecule has 2 aromatic rings. The molecule has 164 valence electrons. The SMILES string of the molecule is CC(C)[NH+](Cc1ccccc1)Cc1ccc(C(=O)NCCC[NH+]2CCCC[C@@H]2C)o1. The smallest absolute Gasteiger partial charge is 0.287 e. The largest absolute Gasteiger partial charge is 0.450 e. The zero-order valence-corrected chi connectivity index (χ0v) is 18.9. The van der Waals surface area contributed by atoms with Gasteiger partial charge in [-0.1, -0.05) is 30.3 Å². The summed E-state index contributed by atoms with van der Waals surface area (Å²) < 4.78 is 5.89. The first-order chi connectivity index (χ1) is 14.5. The molecule has 2 unspecified atom stereocenters. The van der Waals surface area contributed by atoms with Crippen molar-refractivity contribution in [3.05, 3.63) is 59.5 Å². The lowest BCUT2D eigenvalue weighted by Crippen LogP contribution is -3.16. The Morgan fingerprint density at radius 2 is 1.97 bits per heavy atom. The standard InChI is InChI=1S/C25H37N3O2/c1-20(2)28(18-22-11-5-4-6-12-22)19-23-13-14-24(30-23)25(29)26-15-9-17-27-16-8-7-10-21(27)3/h4-6,11-14,20-21H,7-10,15-19H2,1-3H3,(H,26,29)/p+2/t21-/m0/s1. The number of carbonyl (C=O) groups excluding carboxylic acids is 1. The van der Waals surface area contributed by atoms with Crippen LogP contribution in [0.15, 0.2) is 46.9 Å². The van der Waals surface area contributed by atoms with Crippen molar-refractivity contribution in [2.75, 3.05) is 19.6 Å². The highest BCUT2D eigenvalue weighted by Gasteiger charge is 2.21. The minimum Gasteiger partial charge on any atom is -0.450 e. The van der Waals surface area contributed by atoms with Gasteiger partial charge in [-0.2, -0.15) is 0 Å². The Morgan fingerprint density at radius 1 is 1.17 bits per heavy atom. The molecular formula is C25H39N3O2+2. The maximum absolute atomic E-state index is 12.5. The van der Waals surface area contributed by atoms with Crippen LogP contribution in [-0.2, 0) is 13.1 Å². The highest BCUT2D eigenvalue weighted by Crippen LogP contribution is 2.07. The number of quaternary nitrogens is 2. The molecule has 3 atom stereocenters. The highest BCUT2D eigenvalue weighted by atomic mass is 16.4. The van der Waals surface area contributed by atoms with E-state index in [1.165, 1.54) is 36.3 Å². The Morgan fingerprint density at radius 3 is 2.70 bits per heavy atom. The van der Waals surface area contributed by atoms with Gasteiger partial charge in [-0.25, -0.2) is 0 Å². The van der Waals surface area contributed by atoms with E-state index in [-0.39, 0.29) is 5.91 Å². The lowest BCUT2D eigenvalue weighted by atomic mass is 10.0. The number of furan rings is 1. The first-order valence-electron chi connectivity index (χ1n) is 11.6. The summed E-state index contributed by atoms with van der Waals surface area (Å²) in [5.41, 5.74) is 1.32. The van der Waals surface area contributed by atoms with Gasteiger partial charge in [-0.15, -0.1) is 0 Å². The van der Waals surface area contributed by atoms with Crippen LogP contribution in [0.3, 0.4) is 0 Å². The maximum atomic E-state index is 12.5. The van der Waals surface area contributed by atoms with Gasteiger partial charge in [-0.05, 0) is 52.2 Å². The molecule has 5 heteroatoms. The lowest BCUT2D eigenvalue weighted by molar-refractivity contribution is -0.949. The number of nitrogens with one attached hydrogen (secondary N) is 3. The predicted molar refractivity (Wildman–Crippen MR) is 120 cm³/mol. The van der Waals surface area contributed by atoms with Crippen LogP contribution >= 0.6 is 0 Å². The van der Waals surface area contributed by atoms with Crippen LogP contribution in [0.25, 0.3) is 0 Å². The van der Waals surface area contributed by atoms with E-state index in [0.717, 1.165) is 37.9 Å². The third-order valence-electron chi connectivity index (χ3n) is 6.42. The second-order valence-electron chi connectivity index (χ2n) is 9.08. The molecule has 0 radical (unpaired) electrons. The van der Waals surface area contributed by atoms with Crippen molar-refractivity contribution in [1.29, 1.82) is 0 Å². The summed E-state index contributed by atoms with van der Waals surface area (Å²) in [7, 11) is 0. The fourth-order valence-electron chi connectivity index (χ4n) is 4.38. The molecule has 0 aliphatic carbocycles. The number of hydrogen-bond acceptors (Lipinski definition) is 2. The van der Waals surface area contributed by atoms with E-state index in [1.807, 2.05) is 18.2 Å². The van der Waals surface area contributed by atoms with Crippen LogP contribution in [-0.4, -0.2) is 37.6 Å². The lowest BCUT2D eigenvalue weighted by Gasteiger charge is -2.30. The molecule has 3 N–H and O–H groups in total. The van der Waals surface area contributed by atoms with Gasteiger partial charge in [-0.3, -0.25) is 4.79 Å². The third kappa shape index (κ3) is 6.71. The van der Waals surface area contributed by atoms with Crippen molar-refractivity contribution in [2.24, 2.45) is 0 Å². The van der Waals surface area contributed by atoms with Gasteiger partial charge in [0.05, 0.1) is 25.2 Å². The van der Waals surface area contributed by atoms with E-state index in [4.69, 9.17) is 4.42 Å². The molecule has 1 aliphatic heterocycles. The highest BCUT2D eigenvalue weighted by molar-refractivity contribution is 5.91. The second-order valence-corrected chi connectivity index (χ2v) is 9.08. The number of likely N-dealkylation sites (tertiary alicyclic amines) is 1. The van der Waals surface area contributed by atoms with E-state index in [2.05, 4.69) is 50.4 Å². The summed E-state index contributed by atoms with van der Waals surface area (Å²) in [5, 5.41) is 3.03. The number of piperidine rings is 1. The Bertz CT molecular complexity index is 772. The molecule has 0 saturated carbocycles. The molecule has 1 amide bonds. The third-order valence-corrected chi connectivity index (χ3v) is 6.42. The Hall–Kier alpha value is -2.11. The van der Waals surface area contributed by atoms with Crippen LogP contribution in [0.4, 0.5) is 0 Å². The first kappa shape index (κ1) is 22.6. The number of amides is 1. The topological polar surface area (TPSA) is 51.1 Å². The van der Waals surface area contributed by atoms with E-state index >= 15 is 0 Å². The van der Waals surface area contributed by atoms with Gasteiger partial charge in [0.25, 0.3) is 5.91 Å². The fraction of sp³-hybridized carbons (Fsp3) is 0.560. The molecule has 1 aromatic carbocycles. The van der Waals surface area contributed by atoms with Crippen LogP contribution in [0.2, 0.25) is 0 Å².